The van der Waals surface area contributed by atoms with Crippen LogP contribution in [-0.4, -0.2) is 35.5 Å². The van der Waals surface area contributed by atoms with Gasteiger partial charge < -0.3 is 19.2 Å². The van der Waals surface area contributed by atoms with E-state index >= 15 is 0 Å². The SMILES string of the molecule is CCOc1ccc(-[n+]2noc([O-])c2C2=NOC3C(=O)N(c4ccc(Br)cc4)C(=O)C23)cc1. The highest BCUT2D eigenvalue weighted by Gasteiger charge is 2.58. The van der Waals surface area contributed by atoms with Crippen LogP contribution >= 0.6 is 15.9 Å². The topological polar surface area (TPSA) is 121 Å². The largest absolute Gasteiger partial charge is 0.539 e. The fourth-order valence-electron chi connectivity index (χ4n) is 3.71. The van der Waals surface area contributed by atoms with E-state index in [1.807, 2.05) is 6.92 Å². The summed E-state index contributed by atoms with van der Waals surface area (Å²) in [5.74, 6) is -2.35. The maximum Gasteiger partial charge on any atom is 0.289 e. The molecule has 0 saturated carbocycles. The van der Waals surface area contributed by atoms with Crippen LogP contribution in [0.5, 0.6) is 11.7 Å². The minimum Gasteiger partial charge on any atom is -0.539 e. The van der Waals surface area contributed by atoms with Gasteiger partial charge in [-0.1, -0.05) is 21.1 Å². The first-order valence-corrected chi connectivity index (χ1v) is 10.5. The monoisotopic (exact) mass is 498 g/mol. The maximum absolute atomic E-state index is 13.2. The molecule has 32 heavy (non-hydrogen) atoms. The number of imide groups is 1. The fraction of sp³-hybridized carbons (Fsp3) is 0.190. The number of aromatic nitrogens is 2. The molecule has 2 amide bonds. The Morgan fingerprint density at radius 3 is 2.53 bits per heavy atom. The van der Waals surface area contributed by atoms with Gasteiger partial charge in [0.2, 0.25) is 17.7 Å². The van der Waals surface area contributed by atoms with Crippen molar-refractivity contribution in [3.8, 4) is 17.4 Å². The lowest BCUT2D eigenvalue weighted by atomic mass is 9.97. The summed E-state index contributed by atoms with van der Waals surface area (Å²) in [4.78, 5) is 32.4. The summed E-state index contributed by atoms with van der Waals surface area (Å²) >= 11 is 3.32. The van der Waals surface area contributed by atoms with E-state index in [-0.39, 0.29) is 11.4 Å². The highest BCUT2D eigenvalue weighted by atomic mass is 79.9. The number of ether oxygens (including phenoxy) is 1. The molecular formula is C21H15BrN4O6. The second-order valence-electron chi connectivity index (χ2n) is 7.02. The van der Waals surface area contributed by atoms with Gasteiger partial charge in [0.25, 0.3) is 11.6 Å². The first kappa shape index (κ1) is 20.2. The second-order valence-corrected chi connectivity index (χ2v) is 7.93. The zero-order chi connectivity index (χ0) is 22.4. The zero-order valence-corrected chi connectivity index (χ0v) is 18.2. The molecule has 0 aliphatic carbocycles. The summed E-state index contributed by atoms with van der Waals surface area (Å²) in [5, 5.41) is 20.2. The molecular weight excluding hydrogens is 484 g/mol. The predicted octanol–water partition coefficient (Wildman–Crippen LogP) is 1.48. The molecule has 0 spiro atoms. The Morgan fingerprint density at radius 1 is 1.12 bits per heavy atom. The van der Waals surface area contributed by atoms with Crippen LogP contribution in [0, 0.1) is 5.92 Å². The number of carbonyl (C=O) groups excluding carboxylic acids is 2. The molecule has 0 bridgehead atoms. The van der Waals surface area contributed by atoms with Gasteiger partial charge in [0.1, 0.15) is 11.7 Å². The van der Waals surface area contributed by atoms with Gasteiger partial charge in [0.15, 0.2) is 11.7 Å². The smallest absolute Gasteiger partial charge is 0.289 e. The molecule has 2 aliphatic rings. The van der Waals surface area contributed by atoms with Gasteiger partial charge in [0.05, 0.1) is 17.6 Å². The van der Waals surface area contributed by atoms with E-state index in [1.54, 1.807) is 48.5 Å². The first-order valence-electron chi connectivity index (χ1n) is 9.69. The third kappa shape index (κ3) is 3.12. The average Bonchev–Trinajstić information content (AvgIpc) is 3.45. The van der Waals surface area contributed by atoms with Crippen molar-refractivity contribution < 1.29 is 33.5 Å². The number of amides is 2. The molecule has 3 aromatic rings. The number of halogens is 1. The molecule has 10 nitrogen and oxygen atoms in total. The van der Waals surface area contributed by atoms with Gasteiger partial charge in [-0.15, -0.1) is 0 Å². The normalized spacial score (nSPS) is 19.7. The molecule has 3 heterocycles. The van der Waals surface area contributed by atoms with E-state index in [0.717, 1.165) is 9.37 Å². The molecule has 2 aromatic carbocycles. The molecule has 5 rings (SSSR count). The molecule has 162 valence electrons. The van der Waals surface area contributed by atoms with Crippen LogP contribution in [0.1, 0.15) is 12.6 Å². The zero-order valence-electron chi connectivity index (χ0n) is 16.6. The third-order valence-electron chi connectivity index (χ3n) is 5.14. The quantitative estimate of drug-likeness (QED) is 0.385. The van der Waals surface area contributed by atoms with E-state index in [1.165, 1.54) is 4.68 Å². The second kappa shape index (κ2) is 7.75. The standard InChI is InChI=1S/C21H15BrN4O6/c1-2-30-14-9-7-13(8-10-14)26-17(21(29)32-24-26)16-15-18(31-23-16)20(28)25(19(15)27)12-5-3-11(22)4-6-12/h3-10,15,18H,2H2,1H3. The Morgan fingerprint density at radius 2 is 1.84 bits per heavy atom. The Balaban J connectivity index is 1.51. The number of nitrogens with zero attached hydrogens (tertiary/aromatic N) is 4. The van der Waals surface area contributed by atoms with Crippen molar-refractivity contribution >= 4 is 39.1 Å². The van der Waals surface area contributed by atoms with E-state index in [0.29, 0.717) is 23.7 Å². The van der Waals surface area contributed by atoms with Crippen molar-refractivity contribution in [2.24, 2.45) is 11.1 Å². The van der Waals surface area contributed by atoms with Crippen molar-refractivity contribution in [2.75, 3.05) is 11.5 Å². The van der Waals surface area contributed by atoms with Crippen molar-refractivity contribution in [3.63, 3.8) is 0 Å². The molecule has 0 N–H and O–H groups in total. The number of benzene rings is 2. The number of carbonyl (C=O) groups is 2. The van der Waals surface area contributed by atoms with Crippen molar-refractivity contribution in [2.45, 2.75) is 13.0 Å². The number of fused-ring (bicyclic) bond motifs is 1. The van der Waals surface area contributed by atoms with Gasteiger partial charge in [-0.25, -0.2) is 4.90 Å². The van der Waals surface area contributed by atoms with Crippen LogP contribution in [0.2, 0.25) is 0 Å². The van der Waals surface area contributed by atoms with Crippen LogP contribution < -0.4 is 19.4 Å². The molecule has 2 aliphatic heterocycles. The van der Waals surface area contributed by atoms with Crippen molar-refractivity contribution in [3.05, 3.63) is 58.7 Å². The van der Waals surface area contributed by atoms with Crippen LogP contribution in [0.4, 0.5) is 5.69 Å². The first-order chi connectivity index (χ1) is 15.5. The number of hydrogen-bond donors (Lipinski definition) is 0. The summed E-state index contributed by atoms with van der Waals surface area (Å²) in [6.45, 7) is 2.38. The molecule has 2 unspecified atom stereocenters. The summed E-state index contributed by atoms with van der Waals surface area (Å²) in [5.41, 5.74) is 0.795. The average molecular weight is 499 g/mol. The predicted molar refractivity (Wildman–Crippen MR) is 110 cm³/mol. The number of rotatable bonds is 5. The van der Waals surface area contributed by atoms with Gasteiger partial charge in [-0.3, -0.25) is 9.59 Å². The summed E-state index contributed by atoms with van der Waals surface area (Å²) in [7, 11) is 0. The van der Waals surface area contributed by atoms with Gasteiger partial charge in [0, 0.05) is 16.6 Å². The van der Waals surface area contributed by atoms with Crippen LogP contribution in [0.3, 0.4) is 0 Å². The maximum atomic E-state index is 13.2. The van der Waals surface area contributed by atoms with Crippen LogP contribution in [0.15, 0.2) is 62.7 Å². The lowest BCUT2D eigenvalue weighted by molar-refractivity contribution is -0.671. The number of oxime groups is 1. The fourth-order valence-corrected chi connectivity index (χ4v) is 3.97. The Bertz CT molecular complexity index is 1240. The molecule has 11 heteroatoms. The molecule has 1 saturated heterocycles. The van der Waals surface area contributed by atoms with E-state index in [9.17, 15) is 14.7 Å². The summed E-state index contributed by atoms with van der Waals surface area (Å²) in [6.07, 6.45) is -1.16. The number of hydrogen-bond acceptors (Lipinski definition) is 8. The Hall–Kier alpha value is -3.73. The highest BCUT2D eigenvalue weighted by molar-refractivity contribution is 9.10. The lowest BCUT2D eigenvalue weighted by Gasteiger charge is -2.15. The third-order valence-corrected chi connectivity index (χ3v) is 5.67. The Kier molecular flexibility index (Phi) is 4.89. The minimum absolute atomic E-state index is 0.00639. The summed E-state index contributed by atoms with van der Waals surface area (Å²) in [6, 6.07) is 13.5. The van der Waals surface area contributed by atoms with Crippen molar-refractivity contribution in [1.82, 2.24) is 5.27 Å². The van der Waals surface area contributed by atoms with E-state index < -0.39 is 29.8 Å². The van der Waals surface area contributed by atoms with Crippen LogP contribution in [0.25, 0.3) is 5.69 Å². The molecule has 2 atom stereocenters. The highest BCUT2D eigenvalue weighted by Crippen LogP contribution is 2.36. The van der Waals surface area contributed by atoms with Gasteiger partial charge in [-0.05, 0) is 48.0 Å². The molecule has 1 aromatic heterocycles. The summed E-state index contributed by atoms with van der Waals surface area (Å²) < 4.78 is 12.3. The van der Waals surface area contributed by atoms with Gasteiger partial charge in [-0.2, -0.15) is 0 Å². The number of anilines is 1. The molecule has 1 fully saturated rings. The minimum atomic E-state index is -1.16. The van der Waals surface area contributed by atoms with E-state index in [2.05, 4.69) is 26.4 Å². The lowest BCUT2D eigenvalue weighted by Crippen LogP contribution is -2.42. The van der Waals surface area contributed by atoms with E-state index in [4.69, 9.17) is 14.1 Å². The Labute approximate surface area is 189 Å². The van der Waals surface area contributed by atoms with Crippen molar-refractivity contribution in [1.29, 1.82) is 0 Å². The van der Waals surface area contributed by atoms with Gasteiger partial charge >= 0.3 is 0 Å². The molecule has 0 radical (unpaired) electrons. The van der Waals surface area contributed by atoms with Crippen LogP contribution in [-0.2, 0) is 14.4 Å².